The monoisotopic (exact) mass is 392 g/mol. The first kappa shape index (κ1) is 18.0. The third-order valence-corrected chi connectivity index (χ3v) is 5.86. The van der Waals surface area contributed by atoms with Gasteiger partial charge in [0.05, 0.1) is 23.8 Å². The fourth-order valence-corrected chi connectivity index (χ4v) is 4.38. The minimum atomic E-state index is -0.915. The Morgan fingerprint density at radius 2 is 2.10 bits per heavy atom. The van der Waals surface area contributed by atoms with E-state index >= 15 is 0 Å². The van der Waals surface area contributed by atoms with Crippen molar-refractivity contribution in [3.05, 3.63) is 60.4 Å². The van der Waals surface area contributed by atoms with Gasteiger partial charge in [0.1, 0.15) is 12.3 Å². The highest BCUT2D eigenvalue weighted by Gasteiger charge is 2.65. The maximum Gasteiger partial charge on any atom is 0.430 e. The number of hydrogen-bond donors (Lipinski definition) is 2. The summed E-state index contributed by atoms with van der Waals surface area (Å²) in [6, 6.07) is 15.7. The number of nitrogens with one attached hydrogen (secondary N) is 2. The lowest BCUT2D eigenvalue weighted by atomic mass is 9.97. The molecule has 8 heteroatoms. The van der Waals surface area contributed by atoms with Crippen molar-refractivity contribution >= 4 is 28.6 Å². The van der Waals surface area contributed by atoms with E-state index in [4.69, 9.17) is 9.47 Å². The van der Waals surface area contributed by atoms with E-state index in [1.807, 2.05) is 48.5 Å². The van der Waals surface area contributed by atoms with Gasteiger partial charge in [-0.25, -0.2) is 9.78 Å². The molecule has 0 radical (unpaired) electrons. The maximum absolute atomic E-state index is 13.5. The third kappa shape index (κ3) is 2.68. The van der Waals surface area contributed by atoms with E-state index in [1.54, 1.807) is 13.4 Å². The van der Waals surface area contributed by atoms with E-state index in [0.717, 1.165) is 22.3 Å². The van der Waals surface area contributed by atoms with Gasteiger partial charge in [-0.2, -0.15) is 4.48 Å². The van der Waals surface area contributed by atoms with Gasteiger partial charge in [0.25, 0.3) is 0 Å². The van der Waals surface area contributed by atoms with Crippen LogP contribution in [0.15, 0.2) is 59.9 Å². The second-order valence-corrected chi connectivity index (χ2v) is 7.39. The van der Waals surface area contributed by atoms with Crippen LogP contribution < -0.4 is 9.80 Å². The van der Waals surface area contributed by atoms with Crippen LogP contribution >= 0.6 is 0 Å². The molecule has 2 amide bonds. The molecule has 0 saturated carbocycles. The molecule has 0 bridgehead atoms. The molecule has 2 saturated heterocycles. The number of carbonyl (C=O) groups excluding carboxylic acids is 1. The van der Waals surface area contributed by atoms with Crippen molar-refractivity contribution in [1.29, 1.82) is 0 Å². The summed E-state index contributed by atoms with van der Waals surface area (Å²) in [5.41, 5.74) is 2.66. The van der Waals surface area contributed by atoms with Gasteiger partial charge in [-0.3, -0.25) is 15.0 Å². The molecule has 3 aromatic rings. The topological polar surface area (TPSA) is 88.6 Å². The number of rotatable bonds is 4. The lowest BCUT2D eigenvalue weighted by Crippen LogP contribution is -2.70. The molecular formula is C21H22N5O3+. The number of quaternary nitrogens is 1. The van der Waals surface area contributed by atoms with Crippen LogP contribution in [0.2, 0.25) is 0 Å². The van der Waals surface area contributed by atoms with Crippen LogP contribution in [-0.2, 0) is 15.9 Å². The largest absolute Gasteiger partial charge is 0.430 e. The molecule has 2 aromatic carbocycles. The van der Waals surface area contributed by atoms with Crippen molar-refractivity contribution in [3.63, 3.8) is 0 Å². The number of benzene rings is 2. The molecule has 2 fully saturated rings. The van der Waals surface area contributed by atoms with Crippen LogP contribution in [-0.4, -0.2) is 54.6 Å². The molecule has 2 aliphatic heterocycles. The predicted molar refractivity (Wildman–Crippen MR) is 109 cm³/mol. The summed E-state index contributed by atoms with van der Waals surface area (Å²) in [7, 11) is 1.68. The number of aromatic nitrogens is 2. The van der Waals surface area contributed by atoms with Crippen molar-refractivity contribution in [2.24, 2.45) is 4.99 Å². The van der Waals surface area contributed by atoms with E-state index in [9.17, 15) is 4.79 Å². The van der Waals surface area contributed by atoms with Gasteiger partial charge in [0.15, 0.2) is 19.2 Å². The molecule has 2 atom stereocenters. The van der Waals surface area contributed by atoms with Crippen molar-refractivity contribution in [2.75, 3.05) is 27.0 Å². The zero-order valence-electron chi connectivity index (χ0n) is 16.1. The standard InChI is InChI=1S/C21H21N5O3/c1-22-19-11-26(20(27)25-19,16-7-8-17-18(9-16)24-13-23-17)21(12-28-14-29-21)10-15-5-3-2-4-6-15/h2-9,13H,10-12,14H2,1H3,(H-,22,23,24,25,27)/p+1. The summed E-state index contributed by atoms with van der Waals surface area (Å²) in [6.45, 7) is 0.801. The fourth-order valence-electron chi connectivity index (χ4n) is 4.38. The van der Waals surface area contributed by atoms with Gasteiger partial charge in [-0.15, -0.1) is 0 Å². The lowest BCUT2D eigenvalue weighted by Gasteiger charge is -2.42. The second kappa shape index (κ2) is 6.77. The van der Waals surface area contributed by atoms with Crippen LogP contribution in [0, 0.1) is 0 Å². The van der Waals surface area contributed by atoms with E-state index in [2.05, 4.69) is 20.3 Å². The predicted octanol–water partition coefficient (Wildman–Crippen LogP) is 2.57. The number of H-pyrrole nitrogens is 1. The number of aliphatic imine (C=N–C) groups is 1. The summed E-state index contributed by atoms with van der Waals surface area (Å²) in [5, 5.41) is 2.94. The number of hydrogen-bond acceptors (Lipinski definition) is 5. The number of fused-ring (bicyclic) bond motifs is 1. The molecule has 5 rings (SSSR count). The zero-order chi connectivity index (χ0) is 19.9. The van der Waals surface area contributed by atoms with Crippen LogP contribution in [0.4, 0.5) is 10.5 Å². The van der Waals surface area contributed by atoms with Gasteiger partial charge in [-0.05, 0) is 11.6 Å². The highest BCUT2D eigenvalue weighted by molar-refractivity contribution is 6.12. The number of amidine groups is 1. The number of amides is 2. The van der Waals surface area contributed by atoms with Gasteiger partial charge in [0, 0.05) is 19.2 Å². The third-order valence-electron chi connectivity index (χ3n) is 5.86. The second-order valence-electron chi connectivity index (χ2n) is 7.39. The SMILES string of the molecule is CN=C1C[N+](c2ccc3[nH]cnc3c2)(C2(Cc3ccccc3)COCO2)C(=O)N1. The molecule has 1 aromatic heterocycles. The van der Waals surface area contributed by atoms with E-state index in [1.165, 1.54) is 0 Å². The number of urea groups is 1. The molecule has 0 aliphatic carbocycles. The molecule has 3 heterocycles. The number of carbonyl (C=O) groups is 1. The Morgan fingerprint density at radius 1 is 1.24 bits per heavy atom. The molecule has 2 aliphatic rings. The average Bonchev–Trinajstić information content (AvgIpc) is 3.47. The van der Waals surface area contributed by atoms with Crippen molar-refractivity contribution in [2.45, 2.75) is 12.1 Å². The highest BCUT2D eigenvalue weighted by atomic mass is 16.7. The van der Waals surface area contributed by atoms with Gasteiger partial charge < -0.3 is 9.72 Å². The Hall–Kier alpha value is -3.07. The van der Waals surface area contributed by atoms with E-state index < -0.39 is 5.72 Å². The van der Waals surface area contributed by atoms with Crippen molar-refractivity contribution < 1.29 is 14.3 Å². The molecule has 148 valence electrons. The zero-order valence-corrected chi connectivity index (χ0v) is 16.1. The quantitative estimate of drug-likeness (QED) is 0.668. The first-order chi connectivity index (χ1) is 14.2. The van der Waals surface area contributed by atoms with Gasteiger partial charge in [-0.1, -0.05) is 30.3 Å². The normalized spacial score (nSPS) is 28.3. The number of aromatic amines is 1. The number of nitrogens with zero attached hydrogens (tertiary/aromatic N) is 3. The van der Waals surface area contributed by atoms with E-state index in [-0.39, 0.29) is 17.3 Å². The molecule has 2 unspecified atom stereocenters. The fraction of sp³-hybridized carbons (Fsp3) is 0.286. The first-order valence-electron chi connectivity index (χ1n) is 9.52. The summed E-state index contributed by atoms with van der Waals surface area (Å²) in [4.78, 5) is 25.3. The summed E-state index contributed by atoms with van der Waals surface area (Å²) < 4.78 is 11.9. The molecular weight excluding hydrogens is 370 g/mol. The maximum atomic E-state index is 13.5. The summed E-state index contributed by atoms with van der Waals surface area (Å²) in [6.07, 6.45) is 2.17. The lowest BCUT2D eigenvalue weighted by molar-refractivity contribution is -0.0805. The number of ether oxygens (including phenoxy) is 2. The minimum Gasteiger partial charge on any atom is -0.346 e. The van der Waals surface area contributed by atoms with Gasteiger partial charge >= 0.3 is 6.03 Å². The Bertz CT molecular complexity index is 1090. The first-order valence-corrected chi connectivity index (χ1v) is 9.52. The molecule has 29 heavy (non-hydrogen) atoms. The smallest absolute Gasteiger partial charge is 0.346 e. The molecule has 8 nitrogen and oxygen atoms in total. The Labute approximate surface area is 167 Å². The summed E-state index contributed by atoms with van der Waals surface area (Å²) >= 11 is 0. The van der Waals surface area contributed by atoms with Crippen molar-refractivity contribution in [3.8, 4) is 0 Å². The van der Waals surface area contributed by atoms with Crippen LogP contribution in [0.1, 0.15) is 5.56 Å². The Morgan fingerprint density at radius 3 is 2.83 bits per heavy atom. The van der Waals surface area contributed by atoms with E-state index in [0.29, 0.717) is 25.4 Å². The Kier molecular flexibility index (Phi) is 4.20. The molecule has 2 N–H and O–H groups in total. The van der Waals surface area contributed by atoms with Gasteiger partial charge in [0.2, 0.25) is 5.72 Å². The molecule has 0 spiro atoms. The highest BCUT2D eigenvalue weighted by Crippen LogP contribution is 2.42. The Balaban J connectivity index is 1.71. The summed E-state index contributed by atoms with van der Waals surface area (Å²) in [5.74, 6) is 0.625. The van der Waals surface area contributed by atoms with Crippen LogP contribution in [0.5, 0.6) is 0 Å². The average molecular weight is 392 g/mol. The minimum absolute atomic E-state index is 0.0721. The van der Waals surface area contributed by atoms with Crippen LogP contribution in [0.3, 0.4) is 0 Å². The van der Waals surface area contributed by atoms with Crippen LogP contribution in [0.25, 0.3) is 11.0 Å². The van der Waals surface area contributed by atoms with Crippen molar-refractivity contribution in [1.82, 2.24) is 19.8 Å². The number of imidazole rings is 1.